The van der Waals surface area contributed by atoms with Crippen molar-refractivity contribution < 1.29 is 19.3 Å². The zero-order valence-corrected chi connectivity index (χ0v) is 11.2. The van der Waals surface area contributed by atoms with Crippen LogP contribution in [0.4, 0.5) is 0 Å². The predicted octanol–water partition coefficient (Wildman–Crippen LogP) is 3.65. The van der Waals surface area contributed by atoms with Crippen LogP contribution in [0.3, 0.4) is 0 Å². The molecule has 0 radical (unpaired) electrons. The molecule has 0 saturated carbocycles. The fraction of sp³-hybridized carbons (Fsp3) is 0.250. The fourth-order valence-electron chi connectivity index (χ4n) is 2.14. The molecule has 0 unspecified atom stereocenters. The van der Waals surface area contributed by atoms with E-state index in [-0.39, 0.29) is 6.79 Å². The van der Waals surface area contributed by atoms with Crippen LogP contribution in [0.1, 0.15) is 25.0 Å². The average molecular weight is 272 g/mol. The Morgan fingerprint density at radius 1 is 1.15 bits per heavy atom. The molecule has 1 aliphatic heterocycles. The molecule has 1 N–H and O–H groups in total. The zero-order valence-electron chi connectivity index (χ0n) is 11.2. The first-order chi connectivity index (χ1) is 9.78. The van der Waals surface area contributed by atoms with Crippen LogP contribution in [0.5, 0.6) is 23.0 Å². The monoisotopic (exact) mass is 272 g/mol. The zero-order chi connectivity index (χ0) is 13.9. The van der Waals surface area contributed by atoms with E-state index in [1.54, 1.807) is 6.07 Å². The normalized spacial score (nSPS) is 14.1. The Morgan fingerprint density at radius 3 is 2.80 bits per heavy atom. The summed E-state index contributed by atoms with van der Waals surface area (Å²) in [5, 5.41) is 10.0. The van der Waals surface area contributed by atoms with Gasteiger partial charge >= 0.3 is 0 Å². The maximum absolute atomic E-state index is 10.0. The Hall–Kier alpha value is -2.20. The Balaban J connectivity index is 1.88. The topological polar surface area (TPSA) is 47.9 Å². The Kier molecular flexibility index (Phi) is 3.48. The van der Waals surface area contributed by atoms with Crippen molar-refractivity contribution in [1.82, 2.24) is 0 Å². The van der Waals surface area contributed by atoms with Gasteiger partial charge in [0.05, 0.1) is 6.10 Å². The molecule has 1 atom stereocenters. The molecule has 0 spiro atoms. The van der Waals surface area contributed by atoms with Gasteiger partial charge in [0.1, 0.15) is 11.5 Å². The highest BCUT2D eigenvalue weighted by atomic mass is 16.7. The highest BCUT2D eigenvalue weighted by molar-refractivity contribution is 5.48. The second kappa shape index (κ2) is 5.43. The number of para-hydroxylation sites is 1. The van der Waals surface area contributed by atoms with Crippen LogP contribution in [-0.4, -0.2) is 11.9 Å². The van der Waals surface area contributed by atoms with Crippen molar-refractivity contribution in [2.75, 3.05) is 6.79 Å². The number of ether oxygens (including phenoxy) is 3. The van der Waals surface area contributed by atoms with E-state index in [9.17, 15) is 5.11 Å². The molecule has 0 fully saturated rings. The largest absolute Gasteiger partial charge is 0.457 e. The number of hydrogen-bond donors (Lipinski definition) is 1. The Morgan fingerprint density at radius 2 is 1.95 bits per heavy atom. The minimum Gasteiger partial charge on any atom is -0.457 e. The van der Waals surface area contributed by atoms with E-state index in [2.05, 4.69) is 0 Å². The van der Waals surface area contributed by atoms with Gasteiger partial charge in [0.2, 0.25) is 6.79 Å². The van der Waals surface area contributed by atoms with Crippen LogP contribution in [0, 0.1) is 0 Å². The number of aliphatic hydroxyl groups is 1. The molecule has 0 aliphatic carbocycles. The number of fused-ring (bicyclic) bond motifs is 1. The smallest absolute Gasteiger partial charge is 0.231 e. The second-order valence-electron chi connectivity index (χ2n) is 4.58. The van der Waals surface area contributed by atoms with Gasteiger partial charge in [-0.3, -0.25) is 0 Å². The van der Waals surface area contributed by atoms with Crippen molar-refractivity contribution in [2.45, 2.75) is 19.4 Å². The van der Waals surface area contributed by atoms with Crippen LogP contribution < -0.4 is 14.2 Å². The van der Waals surface area contributed by atoms with Gasteiger partial charge in [-0.25, -0.2) is 0 Å². The Labute approximate surface area is 117 Å². The lowest BCUT2D eigenvalue weighted by molar-refractivity contribution is 0.170. The number of benzene rings is 2. The molecule has 2 aromatic carbocycles. The number of rotatable bonds is 4. The summed E-state index contributed by atoms with van der Waals surface area (Å²) >= 11 is 0. The lowest BCUT2D eigenvalue weighted by Gasteiger charge is -2.14. The molecular formula is C16H16O4. The third-order valence-corrected chi connectivity index (χ3v) is 3.24. The molecule has 1 aliphatic rings. The first-order valence-electron chi connectivity index (χ1n) is 6.62. The molecule has 2 aromatic rings. The summed E-state index contributed by atoms with van der Waals surface area (Å²) in [6, 6.07) is 12.9. The fourth-order valence-corrected chi connectivity index (χ4v) is 2.14. The molecule has 0 amide bonds. The summed E-state index contributed by atoms with van der Waals surface area (Å²) in [5.74, 6) is 2.71. The van der Waals surface area contributed by atoms with Gasteiger partial charge in [0, 0.05) is 11.6 Å². The van der Waals surface area contributed by atoms with Crippen LogP contribution in [0.25, 0.3) is 0 Å². The lowest BCUT2D eigenvalue weighted by atomic mass is 10.1. The molecule has 4 nitrogen and oxygen atoms in total. The van der Waals surface area contributed by atoms with E-state index in [1.165, 1.54) is 0 Å². The van der Waals surface area contributed by atoms with Gasteiger partial charge < -0.3 is 19.3 Å². The van der Waals surface area contributed by atoms with Gasteiger partial charge in [-0.2, -0.15) is 0 Å². The standard InChI is InChI=1S/C16H16O4/c1-2-13(17)12-5-3-4-6-14(12)20-11-7-8-15-16(9-11)19-10-18-15/h3-9,13,17H,2,10H2,1H3/t13-/m0/s1. The minimum absolute atomic E-state index is 0.240. The van der Waals surface area contributed by atoms with E-state index in [4.69, 9.17) is 14.2 Å². The lowest BCUT2D eigenvalue weighted by Crippen LogP contribution is -1.98. The Bertz CT molecular complexity index is 609. The van der Waals surface area contributed by atoms with Crippen LogP contribution in [-0.2, 0) is 0 Å². The maximum Gasteiger partial charge on any atom is 0.231 e. The van der Waals surface area contributed by atoms with Gasteiger partial charge in [-0.1, -0.05) is 25.1 Å². The summed E-state index contributed by atoms with van der Waals surface area (Å²) in [6.07, 6.45) is 0.113. The minimum atomic E-state index is -0.528. The molecule has 0 aromatic heterocycles. The third-order valence-electron chi connectivity index (χ3n) is 3.24. The van der Waals surface area contributed by atoms with Crippen molar-refractivity contribution >= 4 is 0 Å². The summed E-state index contributed by atoms with van der Waals surface area (Å²) in [4.78, 5) is 0. The predicted molar refractivity (Wildman–Crippen MR) is 74.3 cm³/mol. The maximum atomic E-state index is 10.0. The second-order valence-corrected chi connectivity index (χ2v) is 4.58. The van der Waals surface area contributed by atoms with Crippen LogP contribution >= 0.6 is 0 Å². The third kappa shape index (κ3) is 2.42. The van der Waals surface area contributed by atoms with Crippen molar-refractivity contribution in [2.24, 2.45) is 0 Å². The molecule has 0 saturated heterocycles. The number of aliphatic hydroxyl groups excluding tert-OH is 1. The highest BCUT2D eigenvalue weighted by Crippen LogP contribution is 2.38. The summed E-state index contributed by atoms with van der Waals surface area (Å²) in [5.41, 5.74) is 0.785. The first-order valence-corrected chi connectivity index (χ1v) is 6.62. The van der Waals surface area contributed by atoms with Gasteiger partial charge in [-0.15, -0.1) is 0 Å². The SMILES string of the molecule is CC[C@H](O)c1ccccc1Oc1ccc2c(c1)OCO2. The number of hydrogen-bond acceptors (Lipinski definition) is 4. The molecule has 20 heavy (non-hydrogen) atoms. The quantitative estimate of drug-likeness (QED) is 0.922. The van der Waals surface area contributed by atoms with E-state index in [0.717, 1.165) is 11.3 Å². The average Bonchev–Trinajstić information content (AvgIpc) is 2.94. The summed E-state index contributed by atoms with van der Waals surface area (Å²) in [7, 11) is 0. The van der Waals surface area contributed by atoms with Crippen LogP contribution in [0.15, 0.2) is 42.5 Å². The molecule has 3 rings (SSSR count). The van der Waals surface area contributed by atoms with E-state index in [1.807, 2.05) is 43.3 Å². The van der Waals surface area contributed by atoms with Crippen molar-refractivity contribution in [1.29, 1.82) is 0 Å². The van der Waals surface area contributed by atoms with Gasteiger partial charge in [-0.05, 0) is 24.6 Å². The summed E-state index contributed by atoms with van der Waals surface area (Å²) < 4.78 is 16.5. The van der Waals surface area contributed by atoms with Crippen molar-refractivity contribution in [3.8, 4) is 23.0 Å². The summed E-state index contributed by atoms with van der Waals surface area (Å²) in [6.45, 7) is 2.17. The molecule has 0 bridgehead atoms. The van der Waals surface area contributed by atoms with Gasteiger partial charge in [0.15, 0.2) is 11.5 Å². The van der Waals surface area contributed by atoms with Crippen molar-refractivity contribution in [3.05, 3.63) is 48.0 Å². The molecule has 1 heterocycles. The molecule has 104 valence electrons. The van der Waals surface area contributed by atoms with E-state index < -0.39 is 6.10 Å². The van der Waals surface area contributed by atoms with Crippen molar-refractivity contribution in [3.63, 3.8) is 0 Å². The molecule has 4 heteroatoms. The highest BCUT2D eigenvalue weighted by Gasteiger charge is 2.16. The van der Waals surface area contributed by atoms with E-state index in [0.29, 0.717) is 23.7 Å². The van der Waals surface area contributed by atoms with E-state index >= 15 is 0 Å². The van der Waals surface area contributed by atoms with Gasteiger partial charge in [0.25, 0.3) is 0 Å². The first kappa shape index (κ1) is 12.8. The van der Waals surface area contributed by atoms with Crippen LogP contribution in [0.2, 0.25) is 0 Å². The molecular weight excluding hydrogens is 256 g/mol.